The first-order chi connectivity index (χ1) is 1.91. The first-order valence-corrected chi connectivity index (χ1v) is 1.53. The zero-order valence-corrected chi connectivity index (χ0v) is 3.86. The molecule has 0 aliphatic rings. The van der Waals surface area contributed by atoms with E-state index < -0.39 is 0 Å². The second-order valence-corrected chi connectivity index (χ2v) is 0.593. The van der Waals surface area contributed by atoms with Crippen LogP contribution in [0.4, 0.5) is 0 Å². The molecule has 0 atom stereocenters. The van der Waals surface area contributed by atoms with E-state index in [0.717, 1.165) is 0 Å². The molecule has 0 radical (unpaired) electrons. The van der Waals surface area contributed by atoms with Crippen LogP contribution in [0.3, 0.4) is 0 Å². The Labute approximate surface area is 33.3 Å². The van der Waals surface area contributed by atoms with Crippen LogP contribution >= 0.6 is 16.1 Å². The molecule has 3 heteroatoms. The average molecular weight is 123 g/mol. The predicted octanol–water partition coefficient (Wildman–Crippen LogP) is 1.38. The molecule has 24 valence electrons. The third-order valence-electron chi connectivity index (χ3n) is 0.0756. The summed E-state index contributed by atoms with van der Waals surface area (Å²) in [4.78, 5) is 0. The number of rotatable bonds is 0. The number of halogens is 1. The lowest BCUT2D eigenvalue weighted by atomic mass is 11.6. The van der Waals surface area contributed by atoms with Crippen molar-refractivity contribution >= 4 is 16.1 Å². The van der Waals surface area contributed by atoms with Crippen molar-refractivity contribution in [2.75, 3.05) is 7.05 Å². The second kappa shape index (κ2) is 3.08. The number of hydrogen-bond donors (Lipinski definition) is 0. The van der Waals surface area contributed by atoms with E-state index in [1.165, 1.54) is 0 Å². The lowest BCUT2D eigenvalue weighted by Crippen LogP contribution is -1.27. The van der Waals surface area contributed by atoms with Crippen LogP contribution in [0, 0.1) is 0 Å². The Kier molecular flexibility index (Phi) is 3.14. The fraction of sp³-hybridized carbons (Fsp3) is 1.00. The summed E-state index contributed by atoms with van der Waals surface area (Å²) in [5.74, 6) is 0. The van der Waals surface area contributed by atoms with Gasteiger partial charge in [-0.05, 0) is 0 Å². The maximum atomic E-state index is 3.28. The van der Waals surface area contributed by atoms with Gasteiger partial charge in [-0.15, -0.1) is 4.14 Å². The van der Waals surface area contributed by atoms with E-state index in [-0.39, 0.29) is 0 Å². The normalized spacial score (nSPS) is 9.50. The molecule has 0 aliphatic heterocycles. The predicted molar refractivity (Wildman–Crippen MR) is 19.7 cm³/mol. The van der Waals surface area contributed by atoms with Gasteiger partial charge in [0.05, 0.1) is 16.1 Å². The molecule has 0 rings (SSSR count). The Bertz CT molecular complexity index is 21.2. The minimum Gasteiger partial charge on any atom is -0.185 e. The molecular formula is CH3BrN2. The maximum absolute atomic E-state index is 3.28. The van der Waals surface area contributed by atoms with Gasteiger partial charge in [-0.2, -0.15) is 5.11 Å². The summed E-state index contributed by atoms with van der Waals surface area (Å²) < 4.78 is 3.17. The molecule has 0 amide bonds. The van der Waals surface area contributed by atoms with Gasteiger partial charge in [-0.3, -0.25) is 0 Å². The number of hydrogen-bond acceptors (Lipinski definition) is 2. The minimum absolute atomic E-state index is 1.59. The molecule has 0 aliphatic carbocycles. The van der Waals surface area contributed by atoms with Gasteiger partial charge in [0.2, 0.25) is 0 Å². The van der Waals surface area contributed by atoms with Crippen LogP contribution in [0.25, 0.3) is 0 Å². The van der Waals surface area contributed by atoms with E-state index in [1.807, 2.05) is 0 Å². The van der Waals surface area contributed by atoms with E-state index >= 15 is 0 Å². The van der Waals surface area contributed by atoms with Crippen LogP contribution in [0.1, 0.15) is 0 Å². The van der Waals surface area contributed by atoms with Crippen LogP contribution in [-0.2, 0) is 0 Å². The van der Waals surface area contributed by atoms with Crippen molar-refractivity contribution < 1.29 is 0 Å². The zero-order chi connectivity index (χ0) is 3.41. The highest BCUT2D eigenvalue weighted by Crippen LogP contribution is 1.76. The summed E-state index contributed by atoms with van der Waals surface area (Å²) in [6.45, 7) is 0. The van der Waals surface area contributed by atoms with E-state index in [0.29, 0.717) is 0 Å². The molecule has 0 saturated heterocycles. The minimum atomic E-state index is 1.59. The third kappa shape index (κ3) is 2.08. The van der Waals surface area contributed by atoms with Crippen molar-refractivity contribution in [3.8, 4) is 0 Å². The van der Waals surface area contributed by atoms with Crippen LogP contribution in [-0.4, -0.2) is 7.05 Å². The SMILES string of the molecule is CN=NBr. The molecule has 0 spiro atoms. The summed E-state index contributed by atoms with van der Waals surface area (Å²) in [5.41, 5.74) is 0. The molecule has 0 aromatic carbocycles. The van der Waals surface area contributed by atoms with Crippen molar-refractivity contribution in [2.24, 2.45) is 9.25 Å². The van der Waals surface area contributed by atoms with Crippen molar-refractivity contribution in [1.29, 1.82) is 0 Å². The fourth-order valence-corrected chi connectivity index (χ4v) is 0. The zero-order valence-electron chi connectivity index (χ0n) is 2.27. The molecule has 0 unspecified atom stereocenters. The lowest BCUT2D eigenvalue weighted by Gasteiger charge is -1.49. The number of nitrogens with zero attached hydrogens (tertiary/aromatic N) is 2. The standard InChI is InChI=1S/CH3BrN2/c1-3-4-2/h1H3. The molecule has 0 N–H and O–H groups in total. The van der Waals surface area contributed by atoms with Gasteiger partial charge in [0.15, 0.2) is 0 Å². The highest BCUT2D eigenvalue weighted by Gasteiger charge is 1.35. The monoisotopic (exact) mass is 122 g/mol. The topological polar surface area (TPSA) is 24.7 Å². The van der Waals surface area contributed by atoms with Crippen LogP contribution < -0.4 is 0 Å². The average Bonchev–Trinajstić information content (AvgIpc) is 1.37. The summed E-state index contributed by atoms with van der Waals surface area (Å²) in [7, 11) is 1.59. The largest absolute Gasteiger partial charge is 0.185 e. The van der Waals surface area contributed by atoms with Crippen LogP contribution in [0.15, 0.2) is 9.25 Å². The molecule has 0 aromatic heterocycles. The van der Waals surface area contributed by atoms with E-state index in [1.54, 1.807) is 7.05 Å². The smallest absolute Gasteiger partial charge is 0.0996 e. The van der Waals surface area contributed by atoms with Crippen molar-refractivity contribution in [3.05, 3.63) is 0 Å². The van der Waals surface area contributed by atoms with E-state index in [9.17, 15) is 0 Å². The fourth-order valence-electron chi connectivity index (χ4n) is 0. The molecule has 0 fully saturated rings. The Balaban J connectivity index is 2.55. The highest BCUT2D eigenvalue weighted by atomic mass is 79.9. The Hall–Kier alpha value is 0.0800. The van der Waals surface area contributed by atoms with E-state index in [2.05, 4.69) is 25.4 Å². The van der Waals surface area contributed by atoms with Gasteiger partial charge in [-0.1, -0.05) is 0 Å². The van der Waals surface area contributed by atoms with Crippen molar-refractivity contribution in [1.82, 2.24) is 0 Å². The van der Waals surface area contributed by atoms with Crippen molar-refractivity contribution in [3.63, 3.8) is 0 Å². The van der Waals surface area contributed by atoms with Gasteiger partial charge in [0.25, 0.3) is 0 Å². The van der Waals surface area contributed by atoms with Crippen molar-refractivity contribution in [2.45, 2.75) is 0 Å². The third-order valence-corrected chi connectivity index (χ3v) is 0.393. The lowest BCUT2D eigenvalue weighted by molar-refractivity contribution is 1.27. The molecule has 0 heterocycles. The molecule has 0 bridgehead atoms. The molecule has 0 aromatic rings. The highest BCUT2D eigenvalue weighted by molar-refractivity contribution is 9.08. The van der Waals surface area contributed by atoms with Gasteiger partial charge in [-0.25, -0.2) is 0 Å². The Morgan fingerprint density at radius 3 is 2.00 bits per heavy atom. The molecule has 0 saturated carbocycles. The Morgan fingerprint density at radius 1 is 1.75 bits per heavy atom. The second-order valence-electron chi connectivity index (χ2n) is 0.276. The van der Waals surface area contributed by atoms with Gasteiger partial charge in [0.1, 0.15) is 0 Å². The van der Waals surface area contributed by atoms with Gasteiger partial charge >= 0.3 is 0 Å². The Morgan fingerprint density at radius 2 is 2.00 bits per heavy atom. The first kappa shape index (κ1) is 4.08. The quantitative estimate of drug-likeness (QED) is 0.434. The van der Waals surface area contributed by atoms with Gasteiger partial charge in [0, 0.05) is 7.05 Å². The molecule has 2 nitrogen and oxygen atoms in total. The van der Waals surface area contributed by atoms with Gasteiger partial charge < -0.3 is 0 Å². The summed E-state index contributed by atoms with van der Waals surface area (Å²) in [6.07, 6.45) is 0. The van der Waals surface area contributed by atoms with Crippen LogP contribution in [0.2, 0.25) is 0 Å². The van der Waals surface area contributed by atoms with Crippen LogP contribution in [0.5, 0.6) is 0 Å². The summed E-state index contributed by atoms with van der Waals surface area (Å²) in [6, 6.07) is 0. The summed E-state index contributed by atoms with van der Waals surface area (Å²) >= 11 is 2.71. The molecular weight excluding hydrogens is 120 g/mol. The summed E-state index contributed by atoms with van der Waals surface area (Å²) in [5, 5.41) is 3.28. The van der Waals surface area contributed by atoms with E-state index in [4.69, 9.17) is 0 Å². The maximum Gasteiger partial charge on any atom is 0.0996 e. The first-order valence-electron chi connectivity index (χ1n) is 0.816. The molecule has 4 heavy (non-hydrogen) atoms.